The number of carbonyl (C=O) groups excluding carboxylic acids is 1. The van der Waals surface area contributed by atoms with Gasteiger partial charge in [-0.3, -0.25) is 14.4 Å². The predicted octanol–water partition coefficient (Wildman–Crippen LogP) is 0.838. The Morgan fingerprint density at radius 2 is 2.00 bits per heavy atom. The van der Waals surface area contributed by atoms with E-state index in [0.717, 1.165) is 70.1 Å². The first-order valence-corrected chi connectivity index (χ1v) is 11.6. The van der Waals surface area contributed by atoms with Crippen LogP contribution in [0, 0.1) is 11.8 Å². The van der Waals surface area contributed by atoms with Crippen LogP contribution in [-0.2, 0) is 17.9 Å². The first-order chi connectivity index (χ1) is 15.7. The van der Waals surface area contributed by atoms with E-state index in [1.165, 1.54) is 0 Å². The van der Waals surface area contributed by atoms with Crippen LogP contribution in [0.1, 0.15) is 18.5 Å². The topological polar surface area (TPSA) is 87.0 Å². The molecule has 0 aliphatic carbocycles. The molecule has 2 aromatic rings. The monoisotopic (exact) mass is 440 g/mol. The van der Waals surface area contributed by atoms with Gasteiger partial charge in [-0.15, -0.1) is 5.10 Å². The van der Waals surface area contributed by atoms with Crippen LogP contribution in [0.4, 0.5) is 5.69 Å². The summed E-state index contributed by atoms with van der Waals surface area (Å²) in [5, 5.41) is 17.3. The average Bonchev–Trinajstić information content (AvgIpc) is 3.31. The van der Waals surface area contributed by atoms with E-state index in [1.807, 2.05) is 29.1 Å². The molecule has 4 atom stereocenters. The Kier molecular flexibility index (Phi) is 6.01. The molecule has 9 nitrogen and oxygen atoms in total. The number of aliphatic hydroxyl groups is 1. The van der Waals surface area contributed by atoms with Gasteiger partial charge in [-0.2, -0.15) is 0 Å². The highest BCUT2D eigenvalue weighted by atomic mass is 16.5. The van der Waals surface area contributed by atoms with Crippen LogP contribution in [0.2, 0.25) is 0 Å². The van der Waals surface area contributed by atoms with Gasteiger partial charge in [0, 0.05) is 38.8 Å². The molecule has 5 heterocycles. The van der Waals surface area contributed by atoms with Crippen LogP contribution < -0.4 is 9.64 Å². The molecular formula is C23H32N6O3. The molecule has 4 fully saturated rings. The largest absolute Gasteiger partial charge is 0.495 e. The van der Waals surface area contributed by atoms with Crippen molar-refractivity contribution in [3.05, 3.63) is 36.2 Å². The number of benzene rings is 1. The number of amides is 1. The molecule has 172 valence electrons. The number of aromatic nitrogens is 3. The van der Waals surface area contributed by atoms with Crippen molar-refractivity contribution >= 4 is 11.6 Å². The van der Waals surface area contributed by atoms with Gasteiger partial charge in [-0.25, -0.2) is 0 Å². The summed E-state index contributed by atoms with van der Waals surface area (Å²) in [6.45, 7) is 5.73. The summed E-state index contributed by atoms with van der Waals surface area (Å²) in [6, 6.07) is 8.47. The number of nitrogens with zero attached hydrogens (tertiary/aromatic N) is 6. The van der Waals surface area contributed by atoms with Crippen LogP contribution in [0.3, 0.4) is 0 Å². The Morgan fingerprint density at radius 1 is 1.19 bits per heavy atom. The van der Waals surface area contributed by atoms with Gasteiger partial charge in [0.2, 0.25) is 5.91 Å². The molecular weight excluding hydrogens is 408 g/mol. The van der Waals surface area contributed by atoms with Gasteiger partial charge in [0.1, 0.15) is 11.4 Å². The average molecular weight is 441 g/mol. The lowest BCUT2D eigenvalue weighted by atomic mass is 9.75. The van der Waals surface area contributed by atoms with Crippen molar-refractivity contribution in [3.8, 4) is 5.75 Å². The highest BCUT2D eigenvalue weighted by molar-refractivity contribution is 5.80. The molecule has 0 radical (unpaired) electrons. The summed E-state index contributed by atoms with van der Waals surface area (Å²) in [7, 11) is 1.70. The number of aliphatic hydroxyl groups excluding tert-OH is 1. The standard InChI is InChI=1S/C23H32N6O3/c1-32-22-5-3-2-4-21(22)26-8-10-27(11-9-26)23(31)20-15-28-7-6-17(20)12-19(28)14-29-13-18(16-30)24-25-29/h2-5,13,17,19-20,30H,6-12,14-16H2,1H3/t17-,19-,20+/m1/s1. The van der Waals surface area contributed by atoms with E-state index in [-0.39, 0.29) is 12.5 Å². The fraction of sp³-hybridized carbons (Fsp3) is 0.609. The SMILES string of the molecule is COc1ccccc1N1CCN(C(=O)[C@H]2CN3CC[C@@H]2C[C@@H]3Cn2cc(CO)nn2)CC1. The summed E-state index contributed by atoms with van der Waals surface area (Å²) in [5.74, 6) is 1.74. The smallest absolute Gasteiger partial charge is 0.227 e. The molecule has 6 rings (SSSR count). The fourth-order valence-electron chi connectivity index (χ4n) is 5.62. The zero-order chi connectivity index (χ0) is 22.1. The molecule has 2 bridgehead atoms. The lowest BCUT2D eigenvalue weighted by Gasteiger charge is -2.50. The van der Waals surface area contributed by atoms with Crippen molar-refractivity contribution in [2.75, 3.05) is 51.3 Å². The lowest BCUT2D eigenvalue weighted by Crippen LogP contribution is -2.60. The number of methoxy groups -OCH3 is 1. The molecule has 1 aromatic carbocycles. The van der Waals surface area contributed by atoms with Crippen LogP contribution in [0.25, 0.3) is 0 Å². The Morgan fingerprint density at radius 3 is 2.69 bits per heavy atom. The molecule has 32 heavy (non-hydrogen) atoms. The zero-order valence-electron chi connectivity index (χ0n) is 18.6. The second-order valence-corrected chi connectivity index (χ2v) is 9.11. The van der Waals surface area contributed by atoms with Gasteiger partial charge in [0.05, 0.1) is 38.1 Å². The maximum absolute atomic E-state index is 13.4. The molecule has 1 amide bonds. The number of rotatable bonds is 6. The van der Waals surface area contributed by atoms with Crippen LogP contribution >= 0.6 is 0 Å². The summed E-state index contributed by atoms with van der Waals surface area (Å²) in [6.07, 6.45) is 3.92. The minimum atomic E-state index is -0.0854. The Bertz CT molecular complexity index is 941. The third-order valence-electron chi connectivity index (χ3n) is 7.36. The number of hydrogen-bond donors (Lipinski definition) is 1. The second-order valence-electron chi connectivity index (χ2n) is 9.11. The molecule has 4 aliphatic rings. The van der Waals surface area contributed by atoms with Crippen molar-refractivity contribution < 1.29 is 14.6 Å². The van der Waals surface area contributed by atoms with E-state index in [4.69, 9.17) is 4.74 Å². The number of piperidine rings is 3. The molecule has 1 aromatic heterocycles. The van der Waals surface area contributed by atoms with Crippen molar-refractivity contribution in [2.45, 2.75) is 32.0 Å². The molecule has 4 saturated heterocycles. The molecule has 1 N–H and O–H groups in total. The van der Waals surface area contributed by atoms with Crippen molar-refractivity contribution in [3.63, 3.8) is 0 Å². The van der Waals surface area contributed by atoms with Gasteiger partial charge < -0.3 is 19.6 Å². The predicted molar refractivity (Wildman–Crippen MR) is 119 cm³/mol. The number of carbonyl (C=O) groups is 1. The van der Waals surface area contributed by atoms with Gasteiger partial charge in [0.25, 0.3) is 0 Å². The zero-order valence-corrected chi connectivity index (χ0v) is 18.6. The molecule has 4 aliphatic heterocycles. The molecule has 0 spiro atoms. The third-order valence-corrected chi connectivity index (χ3v) is 7.36. The number of ether oxygens (including phenoxy) is 1. The fourth-order valence-corrected chi connectivity index (χ4v) is 5.62. The normalized spacial score (nSPS) is 27.6. The Labute approximate surface area is 188 Å². The summed E-state index contributed by atoms with van der Waals surface area (Å²) in [4.78, 5) is 20.3. The number of piperazine rings is 1. The van der Waals surface area contributed by atoms with E-state index in [9.17, 15) is 9.90 Å². The van der Waals surface area contributed by atoms with Crippen LogP contribution in [0.5, 0.6) is 5.75 Å². The van der Waals surface area contributed by atoms with E-state index < -0.39 is 0 Å². The number of anilines is 1. The van der Waals surface area contributed by atoms with E-state index in [0.29, 0.717) is 23.6 Å². The summed E-state index contributed by atoms with van der Waals surface area (Å²) >= 11 is 0. The Balaban J connectivity index is 1.17. The molecule has 1 unspecified atom stereocenters. The van der Waals surface area contributed by atoms with E-state index in [2.05, 4.69) is 31.1 Å². The molecule has 0 saturated carbocycles. The maximum atomic E-state index is 13.4. The maximum Gasteiger partial charge on any atom is 0.227 e. The first kappa shape index (κ1) is 21.2. The van der Waals surface area contributed by atoms with Gasteiger partial charge in [0.15, 0.2) is 0 Å². The quantitative estimate of drug-likeness (QED) is 0.712. The summed E-state index contributed by atoms with van der Waals surface area (Å²) in [5.41, 5.74) is 1.70. The minimum absolute atomic E-state index is 0.0854. The highest BCUT2D eigenvalue weighted by Gasteiger charge is 2.44. The van der Waals surface area contributed by atoms with Crippen LogP contribution in [-0.4, -0.2) is 88.2 Å². The number of hydrogen-bond acceptors (Lipinski definition) is 7. The second kappa shape index (κ2) is 9.07. The van der Waals surface area contributed by atoms with Crippen molar-refractivity contribution in [1.82, 2.24) is 24.8 Å². The molecule has 9 heteroatoms. The number of para-hydroxylation sites is 2. The lowest BCUT2D eigenvalue weighted by molar-refractivity contribution is -0.144. The van der Waals surface area contributed by atoms with E-state index >= 15 is 0 Å². The summed E-state index contributed by atoms with van der Waals surface area (Å²) < 4.78 is 7.34. The van der Waals surface area contributed by atoms with Crippen molar-refractivity contribution in [1.29, 1.82) is 0 Å². The van der Waals surface area contributed by atoms with Crippen LogP contribution in [0.15, 0.2) is 30.5 Å². The minimum Gasteiger partial charge on any atom is -0.495 e. The highest BCUT2D eigenvalue weighted by Crippen LogP contribution is 2.38. The van der Waals surface area contributed by atoms with Gasteiger partial charge in [-0.1, -0.05) is 17.3 Å². The van der Waals surface area contributed by atoms with E-state index in [1.54, 1.807) is 7.11 Å². The Hall–Kier alpha value is -2.65. The van der Waals surface area contributed by atoms with Gasteiger partial charge in [-0.05, 0) is 37.4 Å². The third kappa shape index (κ3) is 4.06. The first-order valence-electron chi connectivity index (χ1n) is 11.6. The van der Waals surface area contributed by atoms with Gasteiger partial charge >= 0.3 is 0 Å². The van der Waals surface area contributed by atoms with Crippen molar-refractivity contribution in [2.24, 2.45) is 11.8 Å². The number of fused-ring (bicyclic) bond motifs is 3.